The van der Waals surface area contributed by atoms with Crippen LogP contribution >= 0.6 is 22.9 Å². The summed E-state index contributed by atoms with van der Waals surface area (Å²) in [5.74, 6) is 2.49. The summed E-state index contributed by atoms with van der Waals surface area (Å²) in [6, 6.07) is 17.8. The van der Waals surface area contributed by atoms with Crippen LogP contribution in [0.1, 0.15) is 35.7 Å². The summed E-state index contributed by atoms with van der Waals surface area (Å²) < 4.78 is 19.8. The lowest BCUT2D eigenvalue weighted by Crippen LogP contribution is -2.32. The van der Waals surface area contributed by atoms with Crippen molar-refractivity contribution in [1.82, 2.24) is 19.6 Å². The molecule has 41 heavy (non-hydrogen) atoms. The van der Waals surface area contributed by atoms with Crippen molar-refractivity contribution < 1.29 is 13.9 Å². The Kier molecular flexibility index (Phi) is 6.76. The van der Waals surface area contributed by atoms with Crippen LogP contribution < -0.4 is 14.4 Å². The number of anilines is 1. The van der Waals surface area contributed by atoms with E-state index in [-0.39, 0.29) is 0 Å². The SMILES string of the molecule is COc1cc(OCc2csc(N3CCC(c4cccc(Cl)c4)CC3)n2)c2cc(-c3cn4nc(C)ccc4n3)oc2c1. The topological polar surface area (TPSA) is 77.9 Å². The molecule has 0 N–H and O–H groups in total. The number of ether oxygens (including phenoxy) is 2. The van der Waals surface area contributed by atoms with Gasteiger partial charge in [-0.1, -0.05) is 23.7 Å². The standard InChI is InChI=1S/C31H28ClN5O3S/c1-19-6-7-30-34-26(16-37(30)35-19)29-15-25-27(13-24(38-2)14-28(25)40-29)39-17-23-18-41-31(33-23)36-10-8-20(9-11-36)21-4-3-5-22(32)12-21/h3-7,12-16,18,20H,8-11,17H2,1-2H3. The maximum Gasteiger partial charge on any atom is 0.185 e. The maximum absolute atomic E-state index is 6.29. The molecule has 1 saturated heterocycles. The van der Waals surface area contributed by atoms with Crippen LogP contribution in [0.15, 0.2) is 70.6 Å². The third-order valence-electron chi connectivity index (χ3n) is 7.52. The van der Waals surface area contributed by atoms with Crippen molar-refractivity contribution in [3.8, 4) is 23.0 Å². The fraction of sp³-hybridized carbons (Fsp3) is 0.258. The maximum atomic E-state index is 6.29. The molecule has 7 rings (SSSR count). The van der Waals surface area contributed by atoms with Crippen LogP contribution in [0.3, 0.4) is 0 Å². The van der Waals surface area contributed by atoms with Gasteiger partial charge in [-0.25, -0.2) is 14.5 Å². The monoisotopic (exact) mass is 585 g/mol. The first-order chi connectivity index (χ1) is 20.0. The van der Waals surface area contributed by atoms with Gasteiger partial charge in [-0.2, -0.15) is 5.10 Å². The minimum Gasteiger partial charge on any atom is -0.496 e. The molecule has 8 nitrogen and oxygen atoms in total. The van der Waals surface area contributed by atoms with E-state index in [0.717, 1.165) is 58.5 Å². The summed E-state index contributed by atoms with van der Waals surface area (Å²) in [5, 5.41) is 9.25. The molecule has 0 amide bonds. The van der Waals surface area contributed by atoms with Crippen molar-refractivity contribution in [3.05, 3.63) is 88.1 Å². The highest BCUT2D eigenvalue weighted by Crippen LogP contribution is 2.38. The van der Waals surface area contributed by atoms with Crippen LogP contribution in [0.2, 0.25) is 5.02 Å². The Morgan fingerprint density at radius 3 is 2.78 bits per heavy atom. The zero-order valence-corrected chi connectivity index (χ0v) is 24.3. The highest BCUT2D eigenvalue weighted by molar-refractivity contribution is 7.13. The lowest BCUT2D eigenvalue weighted by atomic mass is 9.90. The van der Waals surface area contributed by atoms with Gasteiger partial charge >= 0.3 is 0 Å². The summed E-state index contributed by atoms with van der Waals surface area (Å²) in [6.07, 6.45) is 4.03. The van der Waals surface area contributed by atoms with Crippen molar-refractivity contribution >= 4 is 44.7 Å². The van der Waals surface area contributed by atoms with E-state index in [1.165, 1.54) is 5.56 Å². The Morgan fingerprint density at radius 1 is 1.07 bits per heavy atom. The van der Waals surface area contributed by atoms with Gasteiger partial charge in [0.1, 0.15) is 29.4 Å². The molecule has 0 atom stereocenters. The van der Waals surface area contributed by atoms with Gasteiger partial charge in [0.2, 0.25) is 0 Å². The zero-order chi connectivity index (χ0) is 27.9. The summed E-state index contributed by atoms with van der Waals surface area (Å²) in [5.41, 5.74) is 5.25. The number of benzene rings is 2. The van der Waals surface area contributed by atoms with E-state index in [2.05, 4.69) is 32.5 Å². The van der Waals surface area contributed by atoms with Crippen LogP contribution in [0, 0.1) is 6.92 Å². The van der Waals surface area contributed by atoms with E-state index in [0.29, 0.717) is 41.1 Å². The molecular formula is C31H28ClN5O3S. The molecule has 0 spiro atoms. The average Bonchev–Trinajstić information content (AvgIpc) is 3.74. The van der Waals surface area contributed by atoms with Crippen molar-refractivity contribution in [3.63, 3.8) is 0 Å². The largest absolute Gasteiger partial charge is 0.496 e. The molecule has 208 valence electrons. The Labute approximate surface area is 246 Å². The first kappa shape index (κ1) is 25.9. The molecule has 10 heteroatoms. The molecule has 0 radical (unpaired) electrons. The summed E-state index contributed by atoms with van der Waals surface area (Å²) in [4.78, 5) is 11.9. The molecule has 4 aromatic heterocycles. The molecule has 0 aliphatic carbocycles. The highest BCUT2D eigenvalue weighted by Gasteiger charge is 2.23. The number of aryl methyl sites for hydroxylation is 1. The summed E-state index contributed by atoms with van der Waals surface area (Å²) in [7, 11) is 1.63. The number of furan rings is 1. The number of fused-ring (bicyclic) bond motifs is 2. The van der Waals surface area contributed by atoms with Crippen molar-refractivity contribution in [2.75, 3.05) is 25.1 Å². The molecule has 0 saturated carbocycles. The smallest absolute Gasteiger partial charge is 0.185 e. The van der Waals surface area contributed by atoms with Crippen molar-refractivity contribution in [2.45, 2.75) is 32.3 Å². The van der Waals surface area contributed by atoms with Gasteiger partial charge in [0.15, 0.2) is 16.5 Å². The number of nitrogens with zero attached hydrogens (tertiary/aromatic N) is 5. The Bertz CT molecular complexity index is 1850. The number of halogens is 1. The van der Waals surface area contributed by atoms with Crippen LogP contribution in [-0.2, 0) is 6.61 Å². The van der Waals surface area contributed by atoms with Gasteiger partial charge in [0, 0.05) is 35.6 Å². The van der Waals surface area contributed by atoms with Gasteiger partial charge in [0.25, 0.3) is 0 Å². The van der Waals surface area contributed by atoms with Crippen LogP contribution in [0.25, 0.3) is 28.1 Å². The second-order valence-electron chi connectivity index (χ2n) is 10.3. The minimum absolute atomic E-state index is 0.343. The normalized spacial score (nSPS) is 14.3. The number of hydrogen-bond donors (Lipinski definition) is 0. The van der Waals surface area contributed by atoms with Crippen LogP contribution in [-0.4, -0.2) is 39.8 Å². The second kappa shape index (κ2) is 10.7. The average molecular weight is 586 g/mol. The van der Waals surface area contributed by atoms with Gasteiger partial charge in [0.05, 0.1) is 30.1 Å². The fourth-order valence-corrected chi connectivity index (χ4v) is 6.43. The van der Waals surface area contributed by atoms with E-state index in [1.807, 2.05) is 55.6 Å². The Hall–Kier alpha value is -4.08. The number of imidazole rings is 1. The van der Waals surface area contributed by atoms with E-state index < -0.39 is 0 Å². The summed E-state index contributed by atoms with van der Waals surface area (Å²) in [6.45, 7) is 4.23. The van der Waals surface area contributed by atoms with Gasteiger partial charge in [-0.3, -0.25) is 0 Å². The molecular weight excluding hydrogens is 558 g/mol. The summed E-state index contributed by atoms with van der Waals surface area (Å²) >= 11 is 7.88. The van der Waals surface area contributed by atoms with Crippen molar-refractivity contribution in [2.24, 2.45) is 0 Å². The number of hydrogen-bond acceptors (Lipinski definition) is 8. The van der Waals surface area contributed by atoms with Gasteiger partial charge in [-0.15, -0.1) is 11.3 Å². The molecule has 5 heterocycles. The third-order valence-corrected chi connectivity index (χ3v) is 8.70. The zero-order valence-electron chi connectivity index (χ0n) is 22.7. The quantitative estimate of drug-likeness (QED) is 0.191. The lowest BCUT2D eigenvalue weighted by Gasteiger charge is -2.32. The van der Waals surface area contributed by atoms with E-state index in [1.54, 1.807) is 23.0 Å². The first-order valence-corrected chi connectivity index (χ1v) is 14.8. The molecule has 0 unspecified atom stereocenters. The molecule has 1 aliphatic heterocycles. The van der Waals surface area contributed by atoms with E-state index in [9.17, 15) is 0 Å². The number of rotatable bonds is 7. The molecule has 6 aromatic rings. The third kappa shape index (κ3) is 5.23. The predicted octanol–water partition coefficient (Wildman–Crippen LogP) is 7.53. The second-order valence-corrected chi connectivity index (χ2v) is 11.6. The lowest BCUT2D eigenvalue weighted by molar-refractivity contribution is 0.303. The number of thiazole rings is 1. The Balaban J connectivity index is 1.07. The number of piperidine rings is 1. The number of aromatic nitrogens is 4. The van der Waals surface area contributed by atoms with Crippen molar-refractivity contribution in [1.29, 1.82) is 0 Å². The van der Waals surface area contributed by atoms with E-state index >= 15 is 0 Å². The van der Waals surface area contributed by atoms with Crippen LogP contribution in [0.5, 0.6) is 11.5 Å². The molecule has 0 bridgehead atoms. The number of methoxy groups -OCH3 is 1. The van der Waals surface area contributed by atoms with Gasteiger partial charge in [-0.05, 0) is 61.6 Å². The Morgan fingerprint density at radius 2 is 1.95 bits per heavy atom. The predicted molar refractivity (Wildman–Crippen MR) is 162 cm³/mol. The minimum atomic E-state index is 0.343. The first-order valence-electron chi connectivity index (χ1n) is 13.5. The molecule has 2 aromatic carbocycles. The fourth-order valence-electron chi connectivity index (χ4n) is 5.37. The van der Waals surface area contributed by atoms with E-state index in [4.69, 9.17) is 30.5 Å². The molecule has 1 fully saturated rings. The van der Waals surface area contributed by atoms with Crippen LogP contribution in [0.4, 0.5) is 5.13 Å². The molecule has 1 aliphatic rings. The highest BCUT2D eigenvalue weighted by atomic mass is 35.5. The van der Waals surface area contributed by atoms with Gasteiger partial charge < -0.3 is 18.8 Å².